The van der Waals surface area contributed by atoms with Gasteiger partial charge in [0.2, 0.25) is 5.91 Å². The number of ether oxygens (including phenoxy) is 1. The van der Waals surface area contributed by atoms with E-state index in [0.29, 0.717) is 13.0 Å². The van der Waals surface area contributed by atoms with Gasteiger partial charge in [0.1, 0.15) is 0 Å². The normalized spacial score (nSPS) is 11.3. The second kappa shape index (κ2) is 37.0. The summed E-state index contributed by atoms with van der Waals surface area (Å²) in [5.74, 6) is -0.166. The average Bonchev–Trinajstić information content (AvgIpc) is 2.88. The molecule has 4 heteroatoms. The quantitative estimate of drug-likeness (QED) is 0.107. The summed E-state index contributed by atoms with van der Waals surface area (Å²) in [5.41, 5.74) is 6.44. The van der Waals surface area contributed by atoms with E-state index in [1.54, 1.807) is 7.11 Å². The molecule has 0 atom stereocenters. The molecule has 4 nitrogen and oxygen atoms in total. The van der Waals surface area contributed by atoms with Crippen molar-refractivity contribution in [2.45, 2.75) is 150 Å². The number of carbonyl (C=O) groups excluding carboxylic acids is 1. The second-order valence-corrected chi connectivity index (χ2v) is 10.2. The number of carbonyl (C=O) groups is 1. The molecule has 0 aromatic carbocycles. The topological polar surface area (TPSA) is 55.6 Å². The Bertz CT molecular complexity index is 483. The maximum Gasteiger partial charge on any atom is 0.217 e. The molecule has 0 saturated heterocycles. The number of nitrogens with two attached hydrogens (primary N) is 1. The maximum atomic E-state index is 10.3. The summed E-state index contributed by atoms with van der Waals surface area (Å²) in [4.78, 5) is 12.7. The molecule has 0 aromatic heterocycles. The van der Waals surface area contributed by atoms with Crippen molar-refractivity contribution in [1.82, 2.24) is 4.90 Å². The summed E-state index contributed by atoms with van der Waals surface area (Å²) in [7, 11) is 3.95. The molecule has 0 bridgehead atoms. The van der Waals surface area contributed by atoms with Gasteiger partial charge in [-0.05, 0) is 52.2 Å². The fraction of sp³-hybridized carbons (Fsp3) is 0.848. The summed E-state index contributed by atoms with van der Waals surface area (Å²) in [6.45, 7) is 14.3. The highest BCUT2D eigenvalue weighted by Gasteiger charge is 1.99. The number of hydrogen-bond donors (Lipinski definition) is 1. The highest BCUT2D eigenvalue weighted by atomic mass is 16.5. The minimum absolute atomic E-state index is 0.166. The van der Waals surface area contributed by atoms with Crippen molar-refractivity contribution in [3.8, 4) is 0 Å². The maximum absolute atomic E-state index is 10.3. The third-order valence-corrected chi connectivity index (χ3v) is 6.19. The minimum Gasteiger partial charge on any atom is -0.381 e. The van der Waals surface area contributed by atoms with Crippen LogP contribution in [0.2, 0.25) is 0 Å². The lowest BCUT2D eigenvalue weighted by Gasteiger charge is -2.15. The minimum atomic E-state index is -0.166. The highest BCUT2D eigenvalue weighted by Crippen LogP contribution is 2.09. The number of rotatable bonds is 23. The van der Waals surface area contributed by atoms with Crippen molar-refractivity contribution in [2.24, 2.45) is 5.73 Å². The molecule has 0 saturated carbocycles. The van der Waals surface area contributed by atoms with Gasteiger partial charge in [0.25, 0.3) is 0 Å². The van der Waals surface area contributed by atoms with E-state index in [4.69, 9.17) is 10.5 Å². The zero-order valence-electron chi connectivity index (χ0n) is 26.4. The van der Waals surface area contributed by atoms with Gasteiger partial charge in [0.15, 0.2) is 0 Å². The zero-order valence-corrected chi connectivity index (χ0v) is 26.4. The molecule has 0 spiro atoms. The molecule has 37 heavy (non-hydrogen) atoms. The van der Waals surface area contributed by atoms with Crippen molar-refractivity contribution < 1.29 is 9.53 Å². The highest BCUT2D eigenvalue weighted by molar-refractivity contribution is 5.73. The van der Waals surface area contributed by atoms with Crippen LogP contribution in [0.25, 0.3) is 0 Å². The van der Waals surface area contributed by atoms with Gasteiger partial charge in [0.05, 0.1) is 6.61 Å². The average molecular weight is 525 g/mol. The Labute approximate surface area is 233 Å². The summed E-state index contributed by atoms with van der Waals surface area (Å²) in [5, 5.41) is 0. The standard InChI is InChI=1S/C16H31NO.C9H19NO.C8H18/c1-5-7-13-17(3)14-8-11-16(10-6-2)12-9-15-18-4;1-2-3-4-5-6-7-8-9(10)11;1-3-5-7-8-6-4-2/h9-10,12H,5-8,11,13-15H2,1-4H3;2-8H2,1H3,(H2,10,11);3-8H2,1-2H3/b12-9-,16-10-;;. The summed E-state index contributed by atoms with van der Waals surface area (Å²) in [6.07, 6.45) is 29.1. The van der Waals surface area contributed by atoms with Gasteiger partial charge in [-0.25, -0.2) is 0 Å². The van der Waals surface area contributed by atoms with Crippen molar-refractivity contribution in [1.29, 1.82) is 0 Å². The molecular formula is C33H68N2O2. The Morgan fingerprint density at radius 3 is 1.65 bits per heavy atom. The largest absolute Gasteiger partial charge is 0.381 e. The van der Waals surface area contributed by atoms with Gasteiger partial charge in [-0.15, -0.1) is 0 Å². The van der Waals surface area contributed by atoms with E-state index in [2.05, 4.69) is 64.8 Å². The molecule has 0 fully saturated rings. The lowest BCUT2D eigenvalue weighted by Crippen LogP contribution is -2.20. The molecule has 0 aromatic rings. The molecule has 222 valence electrons. The molecule has 1 amide bonds. The summed E-state index contributed by atoms with van der Waals surface area (Å²) >= 11 is 0. The molecule has 0 aliphatic carbocycles. The van der Waals surface area contributed by atoms with Crippen LogP contribution in [0.5, 0.6) is 0 Å². The molecule has 0 heterocycles. The van der Waals surface area contributed by atoms with Crippen LogP contribution in [0, 0.1) is 0 Å². The first-order chi connectivity index (χ1) is 17.9. The third-order valence-electron chi connectivity index (χ3n) is 6.19. The number of primary amides is 1. The number of hydrogen-bond acceptors (Lipinski definition) is 3. The van der Waals surface area contributed by atoms with Crippen molar-refractivity contribution in [3.05, 3.63) is 23.8 Å². The van der Waals surface area contributed by atoms with E-state index in [0.717, 1.165) is 19.3 Å². The van der Waals surface area contributed by atoms with Crippen LogP contribution in [0.1, 0.15) is 150 Å². The van der Waals surface area contributed by atoms with Crippen LogP contribution in [-0.4, -0.2) is 44.7 Å². The summed E-state index contributed by atoms with van der Waals surface area (Å²) < 4.78 is 5.04. The molecular weight excluding hydrogens is 456 g/mol. The Morgan fingerprint density at radius 2 is 1.19 bits per heavy atom. The Morgan fingerprint density at radius 1 is 0.703 bits per heavy atom. The van der Waals surface area contributed by atoms with Gasteiger partial charge in [0, 0.05) is 13.5 Å². The number of methoxy groups -OCH3 is 1. The smallest absolute Gasteiger partial charge is 0.217 e. The number of amides is 1. The first-order valence-corrected chi connectivity index (χ1v) is 15.7. The predicted molar refractivity (Wildman–Crippen MR) is 167 cm³/mol. The monoisotopic (exact) mass is 525 g/mol. The van der Waals surface area contributed by atoms with Crippen LogP contribution in [-0.2, 0) is 9.53 Å². The lowest BCUT2D eigenvalue weighted by atomic mass is 10.1. The number of allylic oxidation sites excluding steroid dienone is 3. The third kappa shape index (κ3) is 42.2. The first kappa shape index (κ1) is 40.4. The second-order valence-electron chi connectivity index (χ2n) is 10.2. The summed E-state index contributed by atoms with van der Waals surface area (Å²) in [6, 6.07) is 0. The van der Waals surface area contributed by atoms with Crippen LogP contribution in [0.3, 0.4) is 0 Å². The SMILES string of the molecule is CC/C=C(\C=C/COC)CCCN(C)CCCC.CCCCCCCC.CCCCCCCCC(N)=O. The van der Waals surface area contributed by atoms with Crippen molar-refractivity contribution >= 4 is 5.91 Å². The van der Waals surface area contributed by atoms with E-state index in [-0.39, 0.29) is 5.91 Å². The van der Waals surface area contributed by atoms with E-state index < -0.39 is 0 Å². The van der Waals surface area contributed by atoms with Gasteiger partial charge < -0.3 is 15.4 Å². The first-order valence-electron chi connectivity index (χ1n) is 15.7. The van der Waals surface area contributed by atoms with E-state index >= 15 is 0 Å². The van der Waals surface area contributed by atoms with Gasteiger partial charge in [-0.2, -0.15) is 0 Å². The van der Waals surface area contributed by atoms with Crippen LogP contribution in [0.4, 0.5) is 0 Å². The van der Waals surface area contributed by atoms with Gasteiger partial charge >= 0.3 is 0 Å². The number of unbranched alkanes of at least 4 members (excludes halogenated alkanes) is 11. The Hall–Kier alpha value is -1.13. The fourth-order valence-corrected chi connectivity index (χ4v) is 3.84. The van der Waals surface area contributed by atoms with Crippen LogP contribution >= 0.6 is 0 Å². The Kier molecular flexibility index (Phi) is 40.4. The molecule has 2 N–H and O–H groups in total. The van der Waals surface area contributed by atoms with Crippen molar-refractivity contribution in [2.75, 3.05) is 33.9 Å². The molecule has 0 radical (unpaired) electrons. The molecule has 0 rings (SSSR count). The van der Waals surface area contributed by atoms with E-state index in [9.17, 15) is 4.79 Å². The van der Waals surface area contributed by atoms with Gasteiger partial charge in [-0.3, -0.25) is 4.79 Å². The van der Waals surface area contributed by atoms with Crippen LogP contribution < -0.4 is 5.73 Å². The van der Waals surface area contributed by atoms with E-state index in [1.807, 2.05) is 0 Å². The van der Waals surface area contributed by atoms with Gasteiger partial charge in [-0.1, -0.05) is 135 Å². The predicted octanol–water partition coefficient (Wildman–Crippen LogP) is 9.63. The zero-order chi connectivity index (χ0) is 28.4. The lowest BCUT2D eigenvalue weighted by molar-refractivity contribution is -0.118. The number of nitrogens with zero attached hydrogens (tertiary/aromatic N) is 1. The van der Waals surface area contributed by atoms with Crippen LogP contribution in [0.15, 0.2) is 23.8 Å². The Balaban J connectivity index is -0.000000517. The molecule has 0 unspecified atom stereocenters. The van der Waals surface area contributed by atoms with E-state index in [1.165, 1.54) is 109 Å². The molecule has 0 aliphatic heterocycles. The molecule has 0 aliphatic rings. The fourth-order valence-electron chi connectivity index (χ4n) is 3.84. The van der Waals surface area contributed by atoms with Crippen molar-refractivity contribution in [3.63, 3.8) is 0 Å².